The molecule has 2 amide bonds. The van der Waals surface area contributed by atoms with Gasteiger partial charge in [-0.25, -0.2) is 0 Å². The third kappa shape index (κ3) is 4.24. The van der Waals surface area contributed by atoms with Crippen LogP contribution in [0.4, 0.5) is 0 Å². The van der Waals surface area contributed by atoms with Crippen LogP contribution in [-0.4, -0.2) is 60.7 Å². The summed E-state index contributed by atoms with van der Waals surface area (Å²) in [5, 5.41) is 16.4. The Morgan fingerprint density at radius 1 is 1.08 bits per heavy atom. The van der Waals surface area contributed by atoms with Crippen LogP contribution in [0.1, 0.15) is 46.0 Å². The van der Waals surface area contributed by atoms with Crippen molar-refractivity contribution >= 4 is 17.6 Å². The van der Waals surface area contributed by atoms with Gasteiger partial charge in [0.2, 0.25) is 5.91 Å². The number of rotatable bonds is 2. The fraction of sp³-hybridized carbons (Fsp3) is 0.700. The van der Waals surface area contributed by atoms with E-state index in [-0.39, 0.29) is 53.2 Å². The number of hydrogen-bond donors (Lipinski definition) is 3. The minimum atomic E-state index is -0.664. The number of ether oxygens (including phenoxy) is 2. The SMILES string of the molecule is COC(C)[C@H]1[C@H]2[C@H](C[C@H]1C)[C@H]1C[C@H]3/C=C\C(O)=C4C(=O)N[C@@H](CCCNC(=O)/C=C\C[C@@H]3[C@H]1[C@@H]1O[C@@H]12)C4=O. The smallest absolute Gasteiger partial charge is 0.259 e. The molecular weight excluding hydrogens is 484 g/mol. The van der Waals surface area contributed by atoms with Crippen LogP contribution in [0, 0.1) is 47.3 Å². The van der Waals surface area contributed by atoms with E-state index in [1.165, 1.54) is 6.42 Å². The third-order valence-electron chi connectivity index (χ3n) is 10.6. The standard InChI is InChI=1S/C30H40N2O6/c1-14-12-18-19-13-16-9-10-21(33)26-27(35)20(32-30(26)36)7-5-11-31-22(34)8-4-6-17(16)24(19)28-29(38-28)25(18)23(14)15(2)37-3/h4,8-10,14-20,23-25,28-29,33H,5-7,11-13H2,1-3H3,(H,31,34)(H,32,36)/b8-4-,10-9-,26-21?/t14-,15?,16-,17+,18-,19-,20+,23+,24-,25-,28+,29-/m1/s1. The van der Waals surface area contributed by atoms with Gasteiger partial charge in [0.15, 0.2) is 5.78 Å². The number of aliphatic hydroxyl groups excluding tert-OH is 1. The summed E-state index contributed by atoms with van der Waals surface area (Å²) in [5.41, 5.74) is -0.152. The largest absolute Gasteiger partial charge is 0.507 e. The summed E-state index contributed by atoms with van der Waals surface area (Å²) in [6.07, 6.45) is 11.7. The second-order valence-electron chi connectivity index (χ2n) is 12.4. The molecule has 3 saturated carbocycles. The Kier molecular flexibility index (Phi) is 6.75. The van der Waals surface area contributed by atoms with E-state index in [1.54, 1.807) is 19.3 Å². The minimum absolute atomic E-state index is 0.135. The van der Waals surface area contributed by atoms with Crippen molar-refractivity contribution in [3.05, 3.63) is 35.6 Å². The van der Waals surface area contributed by atoms with Crippen molar-refractivity contribution in [2.45, 2.75) is 70.3 Å². The predicted molar refractivity (Wildman–Crippen MR) is 140 cm³/mol. The normalized spacial score (nSPS) is 46.8. The molecule has 3 N–H and O–H groups in total. The molecule has 2 saturated heterocycles. The quantitative estimate of drug-likeness (QED) is 0.378. The third-order valence-corrected chi connectivity index (χ3v) is 10.6. The van der Waals surface area contributed by atoms with Crippen molar-refractivity contribution in [2.75, 3.05) is 13.7 Å². The van der Waals surface area contributed by atoms with Crippen molar-refractivity contribution in [1.29, 1.82) is 0 Å². The summed E-state index contributed by atoms with van der Waals surface area (Å²) < 4.78 is 12.2. The number of epoxide rings is 1. The lowest BCUT2D eigenvalue weighted by molar-refractivity contribution is -0.118. The number of hydrogen-bond acceptors (Lipinski definition) is 6. The molecule has 0 aromatic heterocycles. The first-order valence-corrected chi connectivity index (χ1v) is 14.4. The van der Waals surface area contributed by atoms with Crippen molar-refractivity contribution in [3.63, 3.8) is 0 Å². The summed E-state index contributed by atoms with van der Waals surface area (Å²) in [6.45, 7) is 4.96. The van der Waals surface area contributed by atoms with Gasteiger partial charge in [-0.15, -0.1) is 0 Å². The Morgan fingerprint density at radius 3 is 2.63 bits per heavy atom. The molecule has 0 radical (unpaired) electrons. The first kappa shape index (κ1) is 25.8. The molecule has 5 fully saturated rings. The van der Waals surface area contributed by atoms with Crippen molar-refractivity contribution in [3.8, 4) is 0 Å². The average Bonchev–Trinajstić information content (AvgIpc) is 3.35. The van der Waals surface area contributed by atoms with Gasteiger partial charge < -0.3 is 25.2 Å². The molecule has 0 spiro atoms. The van der Waals surface area contributed by atoms with E-state index in [0.717, 1.165) is 12.8 Å². The molecule has 6 rings (SSSR count). The topological polar surface area (TPSA) is 117 Å². The Hall–Kier alpha value is -2.45. The molecule has 8 heteroatoms. The van der Waals surface area contributed by atoms with E-state index in [1.807, 2.05) is 12.2 Å². The first-order valence-electron chi connectivity index (χ1n) is 14.4. The van der Waals surface area contributed by atoms with E-state index in [2.05, 4.69) is 24.5 Å². The fourth-order valence-corrected chi connectivity index (χ4v) is 9.00. The number of amides is 2. The second-order valence-corrected chi connectivity index (χ2v) is 12.4. The summed E-state index contributed by atoms with van der Waals surface area (Å²) >= 11 is 0. The Morgan fingerprint density at radius 2 is 1.84 bits per heavy atom. The highest BCUT2D eigenvalue weighted by Gasteiger charge is 2.68. The van der Waals surface area contributed by atoms with Gasteiger partial charge in [0.05, 0.1) is 24.4 Å². The van der Waals surface area contributed by atoms with Gasteiger partial charge in [0.1, 0.15) is 11.3 Å². The van der Waals surface area contributed by atoms with Gasteiger partial charge >= 0.3 is 0 Å². The molecule has 3 heterocycles. The number of carbonyl (C=O) groups excluding carboxylic acids is 3. The molecule has 0 aromatic rings. The van der Waals surface area contributed by atoms with Gasteiger partial charge in [0.25, 0.3) is 5.91 Å². The maximum absolute atomic E-state index is 12.9. The van der Waals surface area contributed by atoms with Crippen molar-refractivity contribution < 1.29 is 29.0 Å². The summed E-state index contributed by atoms with van der Waals surface area (Å²) in [6, 6.07) is -0.664. The number of methoxy groups -OCH3 is 1. The summed E-state index contributed by atoms with van der Waals surface area (Å²) in [7, 11) is 1.80. The number of nitrogens with one attached hydrogen (secondary N) is 2. The van der Waals surface area contributed by atoms with Crippen LogP contribution in [-0.2, 0) is 23.9 Å². The highest BCUT2D eigenvalue weighted by molar-refractivity contribution is 6.27. The lowest BCUT2D eigenvalue weighted by atomic mass is 9.65. The van der Waals surface area contributed by atoms with Crippen molar-refractivity contribution in [1.82, 2.24) is 10.6 Å². The molecule has 38 heavy (non-hydrogen) atoms. The lowest BCUT2D eigenvalue weighted by Crippen LogP contribution is -2.41. The summed E-state index contributed by atoms with van der Waals surface area (Å²) in [5.74, 6) is 2.16. The zero-order valence-electron chi connectivity index (χ0n) is 22.5. The van der Waals surface area contributed by atoms with Crippen molar-refractivity contribution in [2.24, 2.45) is 47.3 Å². The Bertz CT molecular complexity index is 1100. The monoisotopic (exact) mass is 524 g/mol. The Balaban J connectivity index is 1.32. The molecule has 3 aliphatic heterocycles. The van der Waals surface area contributed by atoms with E-state index in [0.29, 0.717) is 54.9 Å². The zero-order chi connectivity index (χ0) is 26.7. The number of aliphatic hydroxyl groups is 1. The van der Waals surface area contributed by atoms with Gasteiger partial charge in [-0.1, -0.05) is 19.1 Å². The molecule has 12 atom stereocenters. The molecule has 206 valence electrons. The molecule has 0 aromatic carbocycles. The Labute approximate surface area is 224 Å². The molecule has 2 bridgehead atoms. The van der Waals surface area contributed by atoms with Gasteiger partial charge in [-0.3, -0.25) is 14.4 Å². The molecular formula is C30H40N2O6. The molecule has 6 aliphatic rings. The highest BCUT2D eigenvalue weighted by atomic mass is 16.6. The maximum Gasteiger partial charge on any atom is 0.259 e. The van der Waals surface area contributed by atoms with Crippen LogP contribution >= 0.6 is 0 Å². The lowest BCUT2D eigenvalue weighted by Gasteiger charge is -2.38. The molecule has 8 nitrogen and oxygen atoms in total. The first-order chi connectivity index (χ1) is 18.3. The zero-order valence-corrected chi connectivity index (χ0v) is 22.5. The van der Waals surface area contributed by atoms with E-state index in [9.17, 15) is 19.5 Å². The number of ketones is 1. The number of fused-ring (bicyclic) bond motifs is 10. The van der Waals surface area contributed by atoms with Crippen LogP contribution in [0.5, 0.6) is 0 Å². The number of allylic oxidation sites excluding steroid dienone is 3. The average molecular weight is 525 g/mol. The maximum atomic E-state index is 12.9. The highest BCUT2D eigenvalue weighted by Crippen LogP contribution is 2.66. The van der Waals surface area contributed by atoms with Crippen LogP contribution in [0.25, 0.3) is 0 Å². The predicted octanol–water partition coefficient (Wildman–Crippen LogP) is 2.85. The number of Topliss-reactive ketones (excluding diaryl/α,β-unsaturated/α-hetero) is 1. The molecule has 1 unspecified atom stereocenters. The minimum Gasteiger partial charge on any atom is -0.507 e. The van der Waals surface area contributed by atoms with Gasteiger partial charge in [-0.05, 0) is 98.5 Å². The van der Waals surface area contributed by atoms with E-state index < -0.39 is 11.9 Å². The number of carbonyl (C=O) groups is 3. The van der Waals surface area contributed by atoms with Crippen LogP contribution < -0.4 is 10.6 Å². The van der Waals surface area contributed by atoms with Gasteiger partial charge in [-0.2, -0.15) is 0 Å². The van der Waals surface area contributed by atoms with Crippen LogP contribution in [0.2, 0.25) is 0 Å². The second kappa shape index (κ2) is 9.94. The molecule has 3 aliphatic carbocycles. The summed E-state index contributed by atoms with van der Waals surface area (Å²) in [4.78, 5) is 37.8. The van der Waals surface area contributed by atoms with Crippen LogP contribution in [0.15, 0.2) is 35.6 Å². The fourth-order valence-electron chi connectivity index (χ4n) is 9.00. The van der Waals surface area contributed by atoms with Crippen LogP contribution in [0.3, 0.4) is 0 Å². The van der Waals surface area contributed by atoms with E-state index in [4.69, 9.17) is 9.47 Å². The van der Waals surface area contributed by atoms with Gasteiger partial charge in [0, 0.05) is 13.7 Å². The van der Waals surface area contributed by atoms with E-state index >= 15 is 0 Å².